The second-order valence-corrected chi connectivity index (χ2v) is 7.50. The Morgan fingerprint density at radius 1 is 1.14 bits per heavy atom. The van der Waals surface area contributed by atoms with E-state index in [0.29, 0.717) is 28.5 Å². The summed E-state index contributed by atoms with van der Waals surface area (Å²) in [6.45, 7) is 6.02. The number of primary amides is 1. The minimum atomic E-state index is -0.562. The second-order valence-electron chi connectivity index (χ2n) is 7.50. The van der Waals surface area contributed by atoms with Crippen LogP contribution in [0.15, 0.2) is 48.5 Å². The number of aromatic nitrogens is 2. The van der Waals surface area contributed by atoms with Gasteiger partial charge in [0.25, 0.3) is 5.91 Å². The van der Waals surface area contributed by atoms with Gasteiger partial charge in [0.05, 0.1) is 12.6 Å². The average molecular weight is 379 g/mol. The molecule has 0 aliphatic rings. The highest BCUT2D eigenvalue weighted by atomic mass is 16.5. The third-order valence-corrected chi connectivity index (χ3v) is 4.28. The lowest BCUT2D eigenvalue weighted by Gasteiger charge is -2.23. The predicted octanol–water partition coefficient (Wildman–Crippen LogP) is 3.74. The van der Waals surface area contributed by atoms with Crippen molar-refractivity contribution in [1.29, 1.82) is 0 Å². The van der Waals surface area contributed by atoms with Gasteiger partial charge in [-0.2, -0.15) is 5.10 Å². The summed E-state index contributed by atoms with van der Waals surface area (Å²) in [7, 11) is 1.60. The van der Waals surface area contributed by atoms with Gasteiger partial charge in [-0.15, -0.1) is 0 Å². The molecule has 0 bridgehead atoms. The zero-order valence-corrected chi connectivity index (χ0v) is 16.5. The van der Waals surface area contributed by atoms with Crippen LogP contribution in [0.2, 0.25) is 0 Å². The quantitative estimate of drug-likeness (QED) is 0.585. The molecule has 2 aromatic carbocycles. The number of benzene rings is 2. The van der Waals surface area contributed by atoms with E-state index >= 15 is 0 Å². The monoisotopic (exact) mass is 379 g/mol. The molecule has 3 rings (SSSR count). The first-order valence-corrected chi connectivity index (χ1v) is 8.91. The van der Waals surface area contributed by atoms with E-state index in [0.717, 1.165) is 11.3 Å². The van der Waals surface area contributed by atoms with Crippen LogP contribution in [-0.4, -0.2) is 22.8 Å². The van der Waals surface area contributed by atoms with Crippen LogP contribution in [0, 0.1) is 0 Å². The third-order valence-electron chi connectivity index (χ3n) is 4.28. The Balaban J connectivity index is 2.21. The van der Waals surface area contributed by atoms with Gasteiger partial charge in [0.2, 0.25) is 0 Å². The number of hydrogen-bond donors (Lipinski definition) is 3. The standard InChI is InChI=1S/C21H25N5O2/c1-21(2,3)26-20(24-15-6-5-7-16(12-15)28-4)17(19(23)27)18(25-26)13-8-10-14(22)11-9-13/h5-12,24H,22H2,1-4H3,(H2,23,27). The van der Waals surface area contributed by atoms with Gasteiger partial charge in [0.15, 0.2) is 0 Å². The molecular formula is C21H25N5O2. The first-order chi connectivity index (χ1) is 13.2. The molecule has 28 heavy (non-hydrogen) atoms. The number of ether oxygens (including phenoxy) is 1. The van der Waals surface area contributed by atoms with Crippen LogP contribution < -0.4 is 21.5 Å². The molecule has 0 fully saturated rings. The summed E-state index contributed by atoms with van der Waals surface area (Å²) >= 11 is 0. The maximum atomic E-state index is 12.4. The van der Waals surface area contributed by atoms with Gasteiger partial charge in [-0.25, -0.2) is 4.68 Å². The Morgan fingerprint density at radius 2 is 1.82 bits per heavy atom. The fraction of sp³-hybridized carbons (Fsp3) is 0.238. The van der Waals surface area contributed by atoms with Crippen LogP contribution in [0.5, 0.6) is 5.75 Å². The first-order valence-electron chi connectivity index (χ1n) is 8.91. The predicted molar refractivity (Wildman–Crippen MR) is 112 cm³/mol. The number of hydrogen-bond acceptors (Lipinski definition) is 5. The number of nitrogens with two attached hydrogens (primary N) is 2. The third kappa shape index (κ3) is 3.78. The Hall–Kier alpha value is -3.48. The molecule has 7 heteroatoms. The van der Waals surface area contributed by atoms with Gasteiger partial charge in [-0.1, -0.05) is 18.2 Å². The van der Waals surface area contributed by atoms with E-state index in [9.17, 15) is 4.79 Å². The Labute approximate surface area is 164 Å². The zero-order valence-electron chi connectivity index (χ0n) is 16.5. The minimum Gasteiger partial charge on any atom is -0.497 e. The van der Waals surface area contributed by atoms with Crippen molar-refractivity contribution in [1.82, 2.24) is 9.78 Å². The van der Waals surface area contributed by atoms with E-state index in [2.05, 4.69) is 5.32 Å². The number of rotatable bonds is 5. The number of amides is 1. The van der Waals surface area contributed by atoms with Crippen molar-refractivity contribution in [2.45, 2.75) is 26.3 Å². The summed E-state index contributed by atoms with van der Waals surface area (Å²) in [6.07, 6.45) is 0. The number of methoxy groups -OCH3 is 1. The van der Waals surface area contributed by atoms with Crippen LogP contribution in [0.3, 0.4) is 0 Å². The van der Waals surface area contributed by atoms with Crippen molar-refractivity contribution in [2.75, 3.05) is 18.2 Å². The summed E-state index contributed by atoms with van der Waals surface area (Å²) in [6, 6.07) is 14.6. The summed E-state index contributed by atoms with van der Waals surface area (Å²) < 4.78 is 7.06. The van der Waals surface area contributed by atoms with Crippen LogP contribution in [-0.2, 0) is 5.54 Å². The van der Waals surface area contributed by atoms with Gasteiger partial charge in [-0.3, -0.25) is 4.79 Å². The van der Waals surface area contributed by atoms with Crippen molar-refractivity contribution in [3.63, 3.8) is 0 Å². The fourth-order valence-corrected chi connectivity index (χ4v) is 2.93. The highest BCUT2D eigenvalue weighted by molar-refractivity contribution is 6.04. The van der Waals surface area contributed by atoms with Gasteiger partial charge in [0, 0.05) is 23.0 Å². The maximum Gasteiger partial charge on any atom is 0.254 e. The molecule has 0 unspecified atom stereocenters. The molecule has 0 aliphatic carbocycles. The van der Waals surface area contributed by atoms with Crippen molar-refractivity contribution in [2.24, 2.45) is 5.73 Å². The molecule has 1 heterocycles. The summed E-state index contributed by atoms with van der Waals surface area (Å²) in [5.74, 6) is 0.666. The molecule has 0 saturated carbocycles. The highest BCUT2D eigenvalue weighted by Gasteiger charge is 2.28. The van der Waals surface area contributed by atoms with E-state index in [4.69, 9.17) is 21.3 Å². The van der Waals surface area contributed by atoms with E-state index in [-0.39, 0.29) is 0 Å². The summed E-state index contributed by atoms with van der Waals surface area (Å²) in [5, 5.41) is 8.02. The molecule has 0 aliphatic heterocycles. The number of nitrogen functional groups attached to an aromatic ring is 1. The van der Waals surface area contributed by atoms with Gasteiger partial charge < -0.3 is 21.5 Å². The zero-order chi connectivity index (χ0) is 20.5. The molecule has 1 amide bonds. The highest BCUT2D eigenvalue weighted by Crippen LogP contribution is 2.35. The lowest BCUT2D eigenvalue weighted by Crippen LogP contribution is -2.25. The smallest absolute Gasteiger partial charge is 0.254 e. The van der Waals surface area contributed by atoms with E-state index < -0.39 is 11.4 Å². The molecule has 1 aromatic heterocycles. The van der Waals surface area contributed by atoms with E-state index in [1.54, 1.807) is 23.9 Å². The lowest BCUT2D eigenvalue weighted by atomic mass is 10.1. The Bertz CT molecular complexity index is 1000. The van der Waals surface area contributed by atoms with Crippen LogP contribution in [0.4, 0.5) is 17.2 Å². The average Bonchev–Trinajstić information content (AvgIpc) is 3.02. The van der Waals surface area contributed by atoms with Crippen molar-refractivity contribution in [3.8, 4) is 17.0 Å². The number of carbonyl (C=O) groups excluding carboxylic acids is 1. The molecule has 0 atom stereocenters. The molecule has 7 nitrogen and oxygen atoms in total. The topological polar surface area (TPSA) is 108 Å². The minimum absolute atomic E-state index is 0.322. The van der Waals surface area contributed by atoms with E-state index in [1.165, 1.54) is 0 Å². The fourth-order valence-electron chi connectivity index (χ4n) is 2.93. The number of anilines is 3. The molecule has 146 valence electrons. The molecule has 0 spiro atoms. The largest absolute Gasteiger partial charge is 0.497 e. The number of nitrogens with one attached hydrogen (secondary N) is 1. The Morgan fingerprint density at radius 3 is 2.39 bits per heavy atom. The molecule has 0 radical (unpaired) electrons. The molecule has 5 N–H and O–H groups in total. The van der Waals surface area contributed by atoms with Gasteiger partial charge >= 0.3 is 0 Å². The number of carbonyl (C=O) groups is 1. The SMILES string of the molecule is COc1cccc(Nc2c(C(N)=O)c(-c3ccc(N)cc3)nn2C(C)(C)C)c1. The maximum absolute atomic E-state index is 12.4. The van der Waals surface area contributed by atoms with Crippen molar-refractivity contribution in [3.05, 3.63) is 54.1 Å². The Kier molecular flexibility index (Phi) is 5.00. The first kappa shape index (κ1) is 19.3. The molecular weight excluding hydrogens is 354 g/mol. The van der Waals surface area contributed by atoms with Crippen LogP contribution in [0.25, 0.3) is 11.3 Å². The van der Waals surface area contributed by atoms with Crippen molar-refractivity contribution < 1.29 is 9.53 Å². The van der Waals surface area contributed by atoms with Gasteiger partial charge in [0.1, 0.15) is 22.8 Å². The molecule has 0 saturated heterocycles. The van der Waals surface area contributed by atoms with Crippen molar-refractivity contribution >= 4 is 23.1 Å². The van der Waals surface area contributed by atoms with Crippen LogP contribution >= 0.6 is 0 Å². The molecule has 3 aromatic rings. The summed E-state index contributed by atoms with van der Waals surface area (Å²) in [4.78, 5) is 12.4. The van der Waals surface area contributed by atoms with Gasteiger partial charge in [-0.05, 0) is 45.0 Å². The number of nitrogens with zero attached hydrogens (tertiary/aromatic N) is 2. The summed E-state index contributed by atoms with van der Waals surface area (Å²) in [5.41, 5.74) is 14.2. The van der Waals surface area contributed by atoms with E-state index in [1.807, 2.05) is 57.2 Å². The lowest BCUT2D eigenvalue weighted by molar-refractivity contribution is 0.100. The second kappa shape index (κ2) is 7.26. The normalized spacial score (nSPS) is 11.3. The van der Waals surface area contributed by atoms with Crippen LogP contribution in [0.1, 0.15) is 31.1 Å².